The van der Waals surface area contributed by atoms with E-state index in [9.17, 15) is 4.79 Å². The highest BCUT2D eigenvalue weighted by Crippen LogP contribution is 2.15. The molecule has 1 fully saturated rings. The quantitative estimate of drug-likeness (QED) is 0.803. The smallest absolute Gasteiger partial charge is 0.261 e. The molecule has 1 aliphatic heterocycles. The van der Waals surface area contributed by atoms with E-state index in [-0.39, 0.29) is 5.91 Å². The Morgan fingerprint density at radius 2 is 1.78 bits per heavy atom. The molecule has 0 aromatic heterocycles. The van der Waals surface area contributed by atoms with Gasteiger partial charge in [-0.05, 0) is 63.0 Å². The molecule has 3 rings (SSSR count). The number of hydrogen-bond donors (Lipinski definition) is 1. The van der Waals surface area contributed by atoms with E-state index in [4.69, 9.17) is 4.74 Å². The van der Waals surface area contributed by atoms with E-state index < -0.39 is 6.10 Å². The molecule has 2 aromatic carbocycles. The second-order valence-electron chi connectivity index (χ2n) is 7.45. The van der Waals surface area contributed by atoms with Crippen LogP contribution in [-0.2, 0) is 17.9 Å². The number of aryl methyl sites for hydroxylation is 1. The van der Waals surface area contributed by atoms with Crippen molar-refractivity contribution in [3.8, 4) is 5.75 Å². The van der Waals surface area contributed by atoms with Crippen molar-refractivity contribution in [1.29, 1.82) is 0 Å². The molecule has 1 heterocycles. The van der Waals surface area contributed by atoms with Crippen LogP contribution < -0.4 is 10.1 Å². The van der Waals surface area contributed by atoms with E-state index in [2.05, 4.69) is 34.5 Å². The average molecular weight is 367 g/mol. The largest absolute Gasteiger partial charge is 0.481 e. The fourth-order valence-electron chi connectivity index (χ4n) is 3.42. The van der Waals surface area contributed by atoms with Crippen molar-refractivity contribution in [3.63, 3.8) is 0 Å². The van der Waals surface area contributed by atoms with Crippen molar-refractivity contribution < 1.29 is 9.53 Å². The highest BCUT2D eigenvalue weighted by Gasteiger charge is 2.15. The molecular weight excluding hydrogens is 336 g/mol. The summed E-state index contributed by atoms with van der Waals surface area (Å²) in [4.78, 5) is 14.9. The minimum Gasteiger partial charge on any atom is -0.481 e. The van der Waals surface area contributed by atoms with E-state index in [1.807, 2.05) is 31.2 Å². The van der Waals surface area contributed by atoms with Gasteiger partial charge in [0.25, 0.3) is 5.91 Å². The Bertz CT molecular complexity index is 736. The predicted octanol–water partition coefficient (Wildman–Crippen LogP) is 4.06. The third kappa shape index (κ3) is 6.10. The molecule has 4 heteroatoms. The summed E-state index contributed by atoms with van der Waals surface area (Å²) in [5.74, 6) is 0.615. The minimum atomic E-state index is -0.524. The number of ether oxygens (including phenoxy) is 1. The van der Waals surface area contributed by atoms with Crippen LogP contribution in [0.1, 0.15) is 42.9 Å². The number of rotatable bonds is 7. The number of benzene rings is 2. The third-order valence-corrected chi connectivity index (χ3v) is 5.02. The van der Waals surface area contributed by atoms with Gasteiger partial charge in [-0.15, -0.1) is 0 Å². The van der Waals surface area contributed by atoms with E-state index in [0.717, 1.165) is 12.1 Å². The number of amides is 1. The van der Waals surface area contributed by atoms with Crippen LogP contribution in [0.25, 0.3) is 0 Å². The molecule has 0 aliphatic carbocycles. The fraction of sp³-hybridized carbons (Fsp3) is 0.435. The van der Waals surface area contributed by atoms with Crippen molar-refractivity contribution >= 4 is 5.91 Å². The van der Waals surface area contributed by atoms with Crippen LogP contribution in [0.4, 0.5) is 0 Å². The van der Waals surface area contributed by atoms with Crippen LogP contribution in [0.5, 0.6) is 5.75 Å². The normalized spacial score (nSPS) is 15.9. The first kappa shape index (κ1) is 19.4. The van der Waals surface area contributed by atoms with Crippen LogP contribution in [0.2, 0.25) is 0 Å². The first-order valence-electron chi connectivity index (χ1n) is 9.91. The van der Waals surface area contributed by atoms with Gasteiger partial charge in [-0.25, -0.2) is 0 Å². The maximum atomic E-state index is 12.3. The molecule has 2 aromatic rings. The van der Waals surface area contributed by atoms with Crippen molar-refractivity contribution in [2.75, 3.05) is 13.1 Å². The molecule has 0 saturated carbocycles. The van der Waals surface area contributed by atoms with Crippen molar-refractivity contribution in [1.82, 2.24) is 10.2 Å². The van der Waals surface area contributed by atoms with Crippen LogP contribution in [0.15, 0.2) is 48.5 Å². The highest BCUT2D eigenvalue weighted by molar-refractivity contribution is 5.80. The van der Waals surface area contributed by atoms with E-state index in [0.29, 0.717) is 12.3 Å². The van der Waals surface area contributed by atoms with Crippen LogP contribution in [-0.4, -0.2) is 30.0 Å². The number of nitrogens with zero attached hydrogens (tertiary/aromatic N) is 1. The molecule has 0 radical (unpaired) electrons. The Morgan fingerprint density at radius 3 is 2.52 bits per heavy atom. The van der Waals surface area contributed by atoms with Gasteiger partial charge in [-0.2, -0.15) is 0 Å². The van der Waals surface area contributed by atoms with E-state index in [1.165, 1.54) is 43.5 Å². The summed E-state index contributed by atoms with van der Waals surface area (Å²) >= 11 is 0. The van der Waals surface area contributed by atoms with Crippen molar-refractivity contribution in [3.05, 3.63) is 65.2 Å². The molecule has 144 valence electrons. The first-order chi connectivity index (χ1) is 13.1. The third-order valence-electron chi connectivity index (χ3n) is 5.02. The second kappa shape index (κ2) is 9.56. The van der Waals surface area contributed by atoms with Crippen molar-refractivity contribution in [2.45, 2.75) is 52.3 Å². The molecule has 0 spiro atoms. The van der Waals surface area contributed by atoms with Gasteiger partial charge < -0.3 is 10.1 Å². The number of carbonyl (C=O) groups excluding carboxylic acids is 1. The molecule has 1 N–H and O–H groups in total. The number of piperidine rings is 1. The predicted molar refractivity (Wildman–Crippen MR) is 109 cm³/mol. The summed E-state index contributed by atoms with van der Waals surface area (Å²) in [7, 11) is 0. The fourth-order valence-corrected chi connectivity index (χ4v) is 3.42. The number of nitrogens with one attached hydrogen (secondary N) is 1. The van der Waals surface area contributed by atoms with Gasteiger partial charge in [-0.1, -0.05) is 48.4 Å². The number of carbonyl (C=O) groups is 1. The van der Waals surface area contributed by atoms with Crippen LogP contribution >= 0.6 is 0 Å². The van der Waals surface area contributed by atoms with Gasteiger partial charge in [0.1, 0.15) is 5.75 Å². The lowest BCUT2D eigenvalue weighted by molar-refractivity contribution is -0.127. The van der Waals surface area contributed by atoms with Gasteiger partial charge in [0, 0.05) is 13.1 Å². The van der Waals surface area contributed by atoms with Gasteiger partial charge in [0.2, 0.25) is 0 Å². The molecular formula is C23H30N2O2. The Balaban J connectivity index is 1.49. The average Bonchev–Trinajstić information content (AvgIpc) is 2.69. The Labute approximate surface area is 162 Å². The van der Waals surface area contributed by atoms with Crippen LogP contribution in [0, 0.1) is 6.92 Å². The molecule has 0 unspecified atom stereocenters. The summed E-state index contributed by atoms with van der Waals surface area (Å²) in [6, 6.07) is 16.2. The van der Waals surface area contributed by atoms with E-state index in [1.54, 1.807) is 6.92 Å². The lowest BCUT2D eigenvalue weighted by Gasteiger charge is -2.26. The molecule has 0 bridgehead atoms. The second-order valence-corrected chi connectivity index (χ2v) is 7.45. The summed E-state index contributed by atoms with van der Waals surface area (Å²) in [5.41, 5.74) is 3.61. The zero-order valence-corrected chi connectivity index (χ0v) is 16.4. The maximum absolute atomic E-state index is 12.3. The maximum Gasteiger partial charge on any atom is 0.261 e. The summed E-state index contributed by atoms with van der Waals surface area (Å²) in [5, 5.41) is 2.98. The molecule has 1 amide bonds. The summed E-state index contributed by atoms with van der Waals surface area (Å²) in [6.07, 6.45) is 3.43. The zero-order valence-electron chi connectivity index (χ0n) is 16.4. The topological polar surface area (TPSA) is 41.6 Å². The molecule has 27 heavy (non-hydrogen) atoms. The lowest BCUT2D eigenvalue weighted by Crippen LogP contribution is -2.35. The first-order valence-corrected chi connectivity index (χ1v) is 9.91. The van der Waals surface area contributed by atoms with E-state index >= 15 is 0 Å². The monoisotopic (exact) mass is 366 g/mol. The standard InChI is InChI=1S/C23H30N2O2/c1-18-9-11-22(12-10-18)27-19(2)23(26)24-16-20-7-6-8-21(15-20)17-25-13-4-3-5-14-25/h6-12,15,19H,3-5,13-14,16-17H2,1-2H3,(H,24,26)/t19-/m1/s1. The Hall–Kier alpha value is -2.33. The lowest BCUT2D eigenvalue weighted by atomic mass is 10.1. The number of likely N-dealkylation sites (tertiary alicyclic amines) is 1. The molecule has 1 saturated heterocycles. The van der Waals surface area contributed by atoms with Gasteiger partial charge in [-0.3, -0.25) is 9.69 Å². The zero-order chi connectivity index (χ0) is 19.1. The van der Waals surface area contributed by atoms with Gasteiger partial charge in [0.15, 0.2) is 6.10 Å². The Morgan fingerprint density at radius 1 is 1.07 bits per heavy atom. The number of hydrogen-bond acceptors (Lipinski definition) is 3. The highest BCUT2D eigenvalue weighted by atomic mass is 16.5. The van der Waals surface area contributed by atoms with Gasteiger partial charge >= 0.3 is 0 Å². The molecule has 1 atom stereocenters. The Kier molecular flexibility index (Phi) is 6.88. The van der Waals surface area contributed by atoms with Gasteiger partial charge in [0.05, 0.1) is 0 Å². The van der Waals surface area contributed by atoms with Crippen LogP contribution in [0.3, 0.4) is 0 Å². The summed E-state index contributed by atoms with van der Waals surface area (Å²) in [6.45, 7) is 7.70. The van der Waals surface area contributed by atoms with Crippen molar-refractivity contribution in [2.24, 2.45) is 0 Å². The summed E-state index contributed by atoms with van der Waals surface area (Å²) < 4.78 is 5.73. The molecule has 4 nitrogen and oxygen atoms in total. The molecule has 1 aliphatic rings. The minimum absolute atomic E-state index is 0.1000. The SMILES string of the molecule is Cc1ccc(O[C@H](C)C(=O)NCc2cccc(CN3CCCCC3)c2)cc1.